The Hall–Kier alpha value is -2.62. The Labute approximate surface area is 166 Å². The Balaban J connectivity index is 1.50. The largest absolute Gasteiger partial charge is 0.489 e. The molecular formula is C22H24N2O3S. The SMILES string of the molecule is CC1C=C(COc2ccc(S(C)(=O)=O)cc2)CN1CCc1cccc(C#N)c1. The summed E-state index contributed by atoms with van der Waals surface area (Å²) >= 11 is 0. The van der Waals surface area contributed by atoms with E-state index in [0.29, 0.717) is 28.9 Å². The van der Waals surface area contributed by atoms with Crippen LogP contribution in [0.15, 0.2) is 65.1 Å². The number of benzene rings is 2. The molecule has 0 amide bonds. The van der Waals surface area contributed by atoms with Crippen LogP contribution >= 0.6 is 0 Å². The molecule has 0 saturated carbocycles. The molecule has 1 aliphatic heterocycles. The van der Waals surface area contributed by atoms with Crippen molar-refractivity contribution in [3.05, 3.63) is 71.3 Å². The predicted molar refractivity (Wildman–Crippen MR) is 109 cm³/mol. The minimum absolute atomic E-state index is 0.292. The molecule has 6 heteroatoms. The quantitative estimate of drug-likeness (QED) is 0.672. The van der Waals surface area contributed by atoms with E-state index in [-0.39, 0.29) is 0 Å². The molecule has 1 aliphatic rings. The highest BCUT2D eigenvalue weighted by Crippen LogP contribution is 2.20. The number of hydrogen-bond donors (Lipinski definition) is 0. The number of rotatable bonds is 7. The summed E-state index contributed by atoms with van der Waals surface area (Å²) < 4.78 is 28.8. The van der Waals surface area contributed by atoms with Crippen molar-refractivity contribution in [1.29, 1.82) is 5.26 Å². The van der Waals surface area contributed by atoms with Crippen LogP contribution in [0.25, 0.3) is 0 Å². The standard InChI is InChI=1S/C22H24N2O3S/c1-17-12-20(16-27-21-6-8-22(9-7-21)28(2,25)26)15-24(17)11-10-18-4-3-5-19(13-18)14-23/h3-9,12-13,17H,10-11,15-16H2,1-2H3. The van der Waals surface area contributed by atoms with Crippen molar-refractivity contribution in [3.8, 4) is 11.8 Å². The zero-order valence-corrected chi connectivity index (χ0v) is 16.9. The highest BCUT2D eigenvalue weighted by molar-refractivity contribution is 7.90. The van der Waals surface area contributed by atoms with Gasteiger partial charge in [0.2, 0.25) is 0 Å². The van der Waals surface area contributed by atoms with Crippen molar-refractivity contribution in [2.75, 3.05) is 26.0 Å². The van der Waals surface area contributed by atoms with Crippen molar-refractivity contribution >= 4 is 9.84 Å². The average Bonchev–Trinajstić information content (AvgIpc) is 3.04. The van der Waals surface area contributed by atoms with Gasteiger partial charge in [-0.1, -0.05) is 18.2 Å². The van der Waals surface area contributed by atoms with Crippen LogP contribution in [0.2, 0.25) is 0 Å². The lowest BCUT2D eigenvalue weighted by atomic mass is 10.1. The van der Waals surface area contributed by atoms with Gasteiger partial charge in [-0.05, 0) is 60.9 Å². The molecule has 0 aromatic heterocycles. The molecule has 0 fully saturated rings. The lowest BCUT2D eigenvalue weighted by Crippen LogP contribution is -2.30. The van der Waals surface area contributed by atoms with Crippen molar-refractivity contribution in [2.45, 2.75) is 24.3 Å². The van der Waals surface area contributed by atoms with E-state index in [9.17, 15) is 8.42 Å². The average molecular weight is 397 g/mol. The zero-order valence-electron chi connectivity index (χ0n) is 16.1. The first-order chi connectivity index (χ1) is 13.3. The third kappa shape index (κ3) is 5.22. The van der Waals surface area contributed by atoms with Crippen LogP contribution < -0.4 is 4.74 Å². The van der Waals surface area contributed by atoms with Crippen molar-refractivity contribution < 1.29 is 13.2 Å². The van der Waals surface area contributed by atoms with Crippen LogP contribution in [0, 0.1) is 11.3 Å². The topological polar surface area (TPSA) is 70.4 Å². The Bertz CT molecular complexity index is 1000. The molecule has 0 saturated heterocycles. The molecule has 0 radical (unpaired) electrons. The number of nitriles is 1. The lowest BCUT2D eigenvalue weighted by Gasteiger charge is -2.21. The summed E-state index contributed by atoms with van der Waals surface area (Å²) in [4.78, 5) is 2.67. The molecule has 1 atom stereocenters. The first kappa shape index (κ1) is 20.1. The number of nitrogens with zero attached hydrogens (tertiary/aromatic N) is 2. The number of hydrogen-bond acceptors (Lipinski definition) is 5. The van der Waals surface area contributed by atoms with Gasteiger partial charge in [0.05, 0.1) is 16.5 Å². The van der Waals surface area contributed by atoms with Gasteiger partial charge in [0.25, 0.3) is 0 Å². The highest BCUT2D eigenvalue weighted by Gasteiger charge is 2.21. The monoisotopic (exact) mass is 396 g/mol. The number of ether oxygens (including phenoxy) is 1. The molecular weight excluding hydrogens is 372 g/mol. The van der Waals surface area contributed by atoms with Crippen molar-refractivity contribution in [2.24, 2.45) is 0 Å². The second-order valence-corrected chi connectivity index (χ2v) is 9.15. The fraction of sp³-hybridized carbons (Fsp3) is 0.318. The molecule has 1 unspecified atom stereocenters. The van der Waals surface area contributed by atoms with Gasteiger partial charge < -0.3 is 4.74 Å². The van der Waals surface area contributed by atoms with Crippen LogP contribution in [-0.2, 0) is 16.3 Å². The minimum atomic E-state index is -3.19. The summed E-state index contributed by atoms with van der Waals surface area (Å²) in [6, 6.07) is 16.8. The van der Waals surface area contributed by atoms with Gasteiger partial charge in [0.15, 0.2) is 9.84 Å². The minimum Gasteiger partial charge on any atom is -0.489 e. The summed E-state index contributed by atoms with van der Waals surface area (Å²) in [6.07, 6.45) is 4.31. The van der Waals surface area contributed by atoms with Gasteiger partial charge in [0, 0.05) is 25.4 Å². The lowest BCUT2D eigenvalue weighted by molar-refractivity contribution is 0.276. The van der Waals surface area contributed by atoms with Crippen LogP contribution in [0.3, 0.4) is 0 Å². The summed E-state index contributed by atoms with van der Waals surface area (Å²) in [5, 5.41) is 9.01. The van der Waals surface area contributed by atoms with Gasteiger partial charge in [-0.3, -0.25) is 4.90 Å². The maximum atomic E-state index is 11.5. The van der Waals surface area contributed by atoms with Crippen LogP contribution in [0.5, 0.6) is 5.75 Å². The molecule has 146 valence electrons. The molecule has 0 spiro atoms. The van der Waals surface area contributed by atoms with Crippen LogP contribution in [-0.4, -0.2) is 45.3 Å². The molecule has 5 nitrogen and oxygen atoms in total. The summed E-state index contributed by atoms with van der Waals surface area (Å²) in [5.41, 5.74) is 3.08. The maximum absolute atomic E-state index is 11.5. The maximum Gasteiger partial charge on any atom is 0.175 e. The number of sulfone groups is 1. The molecule has 2 aromatic rings. The van der Waals surface area contributed by atoms with E-state index in [4.69, 9.17) is 10.00 Å². The third-order valence-electron chi connectivity index (χ3n) is 4.88. The first-order valence-electron chi connectivity index (χ1n) is 9.21. The molecule has 28 heavy (non-hydrogen) atoms. The second-order valence-electron chi connectivity index (χ2n) is 7.13. The van der Waals surface area contributed by atoms with Crippen LogP contribution in [0.4, 0.5) is 0 Å². The van der Waals surface area contributed by atoms with Crippen LogP contribution in [0.1, 0.15) is 18.1 Å². The van der Waals surface area contributed by atoms with E-state index in [1.54, 1.807) is 24.3 Å². The van der Waals surface area contributed by atoms with E-state index >= 15 is 0 Å². The first-order valence-corrected chi connectivity index (χ1v) is 11.1. The second kappa shape index (κ2) is 8.59. The third-order valence-corrected chi connectivity index (χ3v) is 6.01. The Kier molecular flexibility index (Phi) is 6.18. The zero-order chi connectivity index (χ0) is 20.1. The molecule has 0 aliphatic carbocycles. The van der Waals surface area contributed by atoms with Gasteiger partial charge in [-0.2, -0.15) is 5.26 Å². The molecule has 2 aromatic carbocycles. The molecule has 0 N–H and O–H groups in total. The highest BCUT2D eigenvalue weighted by atomic mass is 32.2. The van der Waals surface area contributed by atoms with E-state index in [1.165, 1.54) is 17.4 Å². The van der Waals surface area contributed by atoms with Gasteiger partial charge >= 0.3 is 0 Å². The van der Waals surface area contributed by atoms with E-state index in [2.05, 4.69) is 30.0 Å². The van der Waals surface area contributed by atoms with Crippen molar-refractivity contribution in [1.82, 2.24) is 4.90 Å². The molecule has 1 heterocycles. The van der Waals surface area contributed by atoms with Gasteiger partial charge in [-0.15, -0.1) is 0 Å². The summed E-state index contributed by atoms with van der Waals surface area (Å²) in [7, 11) is -3.19. The fourth-order valence-corrected chi connectivity index (χ4v) is 3.94. The van der Waals surface area contributed by atoms with E-state index in [1.807, 2.05) is 18.2 Å². The normalized spacial score (nSPS) is 17.2. The summed E-state index contributed by atoms with van der Waals surface area (Å²) in [5.74, 6) is 0.660. The Morgan fingerprint density at radius 3 is 2.64 bits per heavy atom. The molecule has 0 bridgehead atoms. The van der Waals surface area contributed by atoms with E-state index < -0.39 is 9.84 Å². The van der Waals surface area contributed by atoms with Crippen molar-refractivity contribution in [3.63, 3.8) is 0 Å². The summed E-state index contributed by atoms with van der Waals surface area (Å²) in [6.45, 7) is 4.42. The van der Waals surface area contributed by atoms with E-state index in [0.717, 1.165) is 19.5 Å². The molecule has 3 rings (SSSR count). The Morgan fingerprint density at radius 2 is 1.96 bits per heavy atom. The Morgan fingerprint density at radius 1 is 1.21 bits per heavy atom. The predicted octanol–water partition coefficient (Wildman–Crippen LogP) is 3.21. The fourth-order valence-electron chi connectivity index (χ4n) is 3.31. The smallest absolute Gasteiger partial charge is 0.175 e. The van der Waals surface area contributed by atoms with Gasteiger partial charge in [0.1, 0.15) is 12.4 Å². The van der Waals surface area contributed by atoms with Gasteiger partial charge in [-0.25, -0.2) is 8.42 Å².